The van der Waals surface area contributed by atoms with Gasteiger partial charge in [0.05, 0.1) is 17.5 Å². The molecule has 0 bridgehead atoms. The number of nitrogens with zero attached hydrogens (tertiary/aromatic N) is 3. The van der Waals surface area contributed by atoms with Gasteiger partial charge in [0.2, 0.25) is 0 Å². The second-order valence-corrected chi connectivity index (χ2v) is 5.21. The number of hydrogen-bond donors (Lipinski definition) is 0. The summed E-state index contributed by atoms with van der Waals surface area (Å²) < 4.78 is 15.4. The lowest BCUT2D eigenvalue weighted by atomic mass is 10.2. The van der Waals surface area contributed by atoms with Crippen LogP contribution in [0, 0.1) is 12.7 Å². The topological polar surface area (TPSA) is 38.1 Å². The van der Waals surface area contributed by atoms with Crippen molar-refractivity contribution in [3.05, 3.63) is 77.9 Å². The van der Waals surface area contributed by atoms with E-state index in [9.17, 15) is 9.18 Å². The molecular formula is C18H16FN3O. The van der Waals surface area contributed by atoms with Gasteiger partial charge in [-0.2, -0.15) is 5.10 Å². The summed E-state index contributed by atoms with van der Waals surface area (Å²) in [6.45, 7) is 1.76. The minimum absolute atomic E-state index is 0.184. The summed E-state index contributed by atoms with van der Waals surface area (Å²) in [5.74, 6) is -0.564. The van der Waals surface area contributed by atoms with Crippen molar-refractivity contribution in [3.8, 4) is 5.69 Å². The maximum Gasteiger partial charge on any atom is 0.261 e. The quantitative estimate of drug-likeness (QED) is 0.741. The molecule has 0 atom stereocenters. The fourth-order valence-corrected chi connectivity index (χ4v) is 2.44. The zero-order chi connectivity index (χ0) is 16.4. The first-order chi connectivity index (χ1) is 11.1. The lowest BCUT2D eigenvalue weighted by molar-refractivity contribution is 0.0992. The minimum atomic E-state index is -0.380. The average molecular weight is 309 g/mol. The van der Waals surface area contributed by atoms with E-state index in [1.54, 1.807) is 37.1 Å². The third-order valence-electron chi connectivity index (χ3n) is 3.77. The van der Waals surface area contributed by atoms with Gasteiger partial charge in [-0.25, -0.2) is 9.07 Å². The van der Waals surface area contributed by atoms with Crippen LogP contribution in [0.25, 0.3) is 5.69 Å². The molecule has 0 aliphatic rings. The number of amides is 1. The molecule has 4 nitrogen and oxygen atoms in total. The Balaban J connectivity index is 1.96. The molecule has 116 valence electrons. The summed E-state index contributed by atoms with van der Waals surface area (Å²) in [7, 11) is 1.71. The van der Waals surface area contributed by atoms with Gasteiger partial charge in [0.25, 0.3) is 5.91 Å². The maximum absolute atomic E-state index is 13.9. The highest BCUT2D eigenvalue weighted by Crippen LogP contribution is 2.20. The van der Waals surface area contributed by atoms with E-state index >= 15 is 0 Å². The van der Waals surface area contributed by atoms with E-state index in [1.165, 1.54) is 16.9 Å². The van der Waals surface area contributed by atoms with Gasteiger partial charge in [0.1, 0.15) is 11.5 Å². The summed E-state index contributed by atoms with van der Waals surface area (Å²) in [4.78, 5) is 14.2. The molecule has 0 fully saturated rings. The van der Waals surface area contributed by atoms with E-state index in [1.807, 2.05) is 30.3 Å². The fourth-order valence-electron chi connectivity index (χ4n) is 2.44. The van der Waals surface area contributed by atoms with Gasteiger partial charge in [-0.3, -0.25) is 4.79 Å². The number of hydrogen-bond acceptors (Lipinski definition) is 2. The third kappa shape index (κ3) is 2.73. The predicted molar refractivity (Wildman–Crippen MR) is 87.4 cm³/mol. The second kappa shape index (κ2) is 6.04. The van der Waals surface area contributed by atoms with Crippen molar-refractivity contribution >= 4 is 11.6 Å². The van der Waals surface area contributed by atoms with E-state index in [0.717, 1.165) is 5.69 Å². The van der Waals surface area contributed by atoms with E-state index in [4.69, 9.17) is 0 Å². The summed E-state index contributed by atoms with van der Waals surface area (Å²) in [5.41, 5.74) is 2.16. The van der Waals surface area contributed by atoms with Crippen LogP contribution in [-0.2, 0) is 0 Å². The molecule has 0 aliphatic heterocycles. The normalized spacial score (nSPS) is 10.6. The molecular weight excluding hydrogens is 293 g/mol. The Morgan fingerprint density at radius 1 is 1.09 bits per heavy atom. The fraction of sp³-hybridized carbons (Fsp3) is 0.111. The molecule has 23 heavy (non-hydrogen) atoms. The standard InChI is InChI=1S/C18H16FN3O/c1-13-15(18(23)21(2)14-8-4-3-5-9-14)12-20-22(13)17-11-7-6-10-16(17)19/h3-12H,1-2H3. The summed E-state index contributed by atoms with van der Waals surface area (Å²) >= 11 is 0. The van der Waals surface area contributed by atoms with Crippen molar-refractivity contribution in [1.29, 1.82) is 0 Å². The number of para-hydroxylation sites is 2. The van der Waals surface area contributed by atoms with Crippen molar-refractivity contribution in [2.45, 2.75) is 6.92 Å². The van der Waals surface area contributed by atoms with Crippen LogP contribution in [0.15, 0.2) is 60.8 Å². The first kappa shape index (κ1) is 15.0. The number of halogens is 1. The molecule has 0 N–H and O–H groups in total. The van der Waals surface area contributed by atoms with Crippen molar-refractivity contribution < 1.29 is 9.18 Å². The van der Waals surface area contributed by atoms with Crippen LogP contribution in [0.1, 0.15) is 16.1 Å². The van der Waals surface area contributed by atoms with Crippen LogP contribution in [0.2, 0.25) is 0 Å². The largest absolute Gasteiger partial charge is 0.311 e. The molecule has 0 unspecified atom stereocenters. The Kier molecular flexibility index (Phi) is 3.93. The van der Waals surface area contributed by atoms with E-state index in [-0.39, 0.29) is 11.7 Å². The number of anilines is 1. The highest BCUT2D eigenvalue weighted by Gasteiger charge is 2.20. The molecule has 1 aromatic heterocycles. The smallest absolute Gasteiger partial charge is 0.261 e. The zero-order valence-corrected chi connectivity index (χ0v) is 12.9. The van der Waals surface area contributed by atoms with Crippen LogP contribution in [-0.4, -0.2) is 22.7 Å². The Labute approximate surface area is 133 Å². The summed E-state index contributed by atoms with van der Waals surface area (Å²) in [6, 6.07) is 15.7. The van der Waals surface area contributed by atoms with Crippen LogP contribution in [0.5, 0.6) is 0 Å². The van der Waals surface area contributed by atoms with E-state index in [0.29, 0.717) is 16.9 Å². The highest BCUT2D eigenvalue weighted by molar-refractivity contribution is 6.06. The number of rotatable bonds is 3. The molecule has 0 spiro atoms. The third-order valence-corrected chi connectivity index (χ3v) is 3.77. The van der Waals surface area contributed by atoms with Gasteiger partial charge >= 0.3 is 0 Å². The molecule has 3 aromatic rings. The van der Waals surface area contributed by atoms with Gasteiger partial charge in [-0.1, -0.05) is 30.3 Å². The molecule has 1 heterocycles. The van der Waals surface area contributed by atoms with Crippen LogP contribution >= 0.6 is 0 Å². The lowest BCUT2D eigenvalue weighted by Crippen LogP contribution is -2.26. The summed E-state index contributed by atoms with van der Waals surface area (Å²) in [5, 5.41) is 4.17. The van der Waals surface area contributed by atoms with Crippen LogP contribution in [0.3, 0.4) is 0 Å². The number of aromatic nitrogens is 2. The van der Waals surface area contributed by atoms with E-state index in [2.05, 4.69) is 5.10 Å². The molecule has 0 radical (unpaired) electrons. The average Bonchev–Trinajstić information content (AvgIpc) is 2.96. The van der Waals surface area contributed by atoms with E-state index < -0.39 is 0 Å². The molecule has 3 rings (SSSR count). The SMILES string of the molecule is Cc1c(C(=O)N(C)c2ccccc2)cnn1-c1ccccc1F. The van der Waals surface area contributed by atoms with Crippen molar-refractivity contribution in [3.63, 3.8) is 0 Å². The number of carbonyl (C=O) groups is 1. The van der Waals surface area contributed by atoms with Gasteiger partial charge in [0.15, 0.2) is 0 Å². The number of benzene rings is 2. The first-order valence-corrected chi connectivity index (χ1v) is 7.22. The predicted octanol–water partition coefficient (Wildman–Crippen LogP) is 3.60. The molecule has 0 saturated heterocycles. The molecule has 5 heteroatoms. The van der Waals surface area contributed by atoms with Gasteiger partial charge in [-0.15, -0.1) is 0 Å². The summed E-state index contributed by atoms with van der Waals surface area (Å²) in [6.07, 6.45) is 1.48. The highest BCUT2D eigenvalue weighted by atomic mass is 19.1. The Morgan fingerprint density at radius 3 is 2.43 bits per heavy atom. The Bertz CT molecular complexity index is 842. The van der Waals surface area contributed by atoms with Gasteiger partial charge < -0.3 is 4.90 Å². The molecule has 0 aliphatic carbocycles. The molecule has 2 aromatic carbocycles. The van der Waals surface area contributed by atoms with Crippen LogP contribution in [0.4, 0.5) is 10.1 Å². The van der Waals surface area contributed by atoms with Crippen LogP contribution < -0.4 is 4.90 Å². The van der Waals surface area contributed by atoms with Crippen molar-refractivity contribution in [2.24, 2.45) is 0 Å². The molecule has 0 saturated carbocycles. The lowest BCUT2D eigenvalue weighted by Gasteiger charge is -2.17. The first-order valence-electron chi connectivity index (χ1n) is 7.22. The zero-order valence-electron chi connectivity index (χ0n) is 12.9. The van der Waals surface area contributed by atoms with Crippen molar-refractivity contribution in [1.82, 2.24) is 9.78 Å². The Hall–Kier alpha value is -2.95. The maximum atomic E-state index is 13.9. The van der Waals surface area contributed by atoms with Crippen molar-refractivity contribution in [2.75, 3.05) is 11.9 Å². The monoisotopic (exact) mass is 309 g/mol. The van der Waals surface area contributed by atoms with Gasteiger partial charge in [-0.05, 0) is 31.2 Å². The Morgan fingerprint density at radius 2 is 1.74 bits per heavy atom. The number of carbonyl (C=O) groups excluding carboxylic acids is 1. The van der Waals surface area contributed by atoms with Gasteiger partial charge in [0, 0.05) is 12.7 Å². The minimum Gasteiger partial charge on any atom is -0.311 e. The molecule has 1 amide bonds. The second-order valence-electron chi connectivity index (χ2n) is 5.21.